The van der Waals surface area contributed by atoms with Crippen molar-refractivity contribution in [3.63, 3.8) is 0 Å². The quantitative estimate of drug-likeness (QED) is 0.236. The molecular weight excluding hydrogens is 487 g/mol. The maximum atomic E-state index is 12.7. The summed E-state index contributed by atoms with van der Waals surface area (Å²) >= 11 is 12.7. The SMILES string of the molecule is CCOc1ccc(NC(=O)/C(C#N)=C/c2cc(Cl)c(OCc3ccccc3Cl)c(OCC)c2)cc1. The van der Waals surface area contributed by atoms with Gasteiger partial charge in [-0.3, -0.25) is 4.79 Å². The van der Waals surface area contributed by atoms with Gasteiger partial charge in [0.1, 0.15) is 24.0 Å². The first-order valence-electron chi connectivity index (χ1n) is 10.9. The fourth-order valence-corrected chi connectivity index (χ4v) is 3.62. The Kier molecular flexibility index (Phi) is 9.42. The average Bonchev–Trinajstić information content (AvgIpc) is 2.84. The van der Waals surface area contributed by atoms with E-state index < -0.39 is 5.91 Å². The van der Waals surface area contributed by atoms with Crippen molar-refractivity contribution in [1.29, 1.82) is 5.26 Å². The molecule has 0 aliphatic rings. The topological polar surface area (TPSA) is 80.6 Å². The molecule has 3 aromatic carbocycles. The molecular formula is C27H24Cl2N2O4. The van der Waals surface area contributed by atoms with Gasteiger partial charge in [-0.2, -0.15) is 5.26 Å². The van der Waals surface area contributed by atoms with Crippen LogP contribution in [-0.2, 0) is 11.4 Å². The molecule has 0 bridgehead atoms. The number of carbonyl (C=O) groups is 1. The number of rotatable bonds is 10. The summed E-state index contributed by atoms with van der Waals surface area (Å²) in [5.41, 5.74) is 1.76. The number of nitrogens with one attached hydrogen (secondary N) is 1. The number of nitriles is 1. The molecule has 3 aromatic rings. The van der Waals surface area contributed by atoms with Gasteiger partial charge in [0.25, 0.3) is 5.91 Å². The number of benzene rings is 3. The van der Waals surface area contributed by atoms with E-state index in [1.165, 1.54) is 6.08 Å². The maximum Gasteiger partial charge on any atom is 0.266 e. The molecule has 180 valence electrons. The van der Waals surface area contributed by atoms with E-state index in [4.69, 9.17) is 37.4 Å². The summed E-state index contributed by atoms with van der Waals surface area (Å²) in [5, 5.41) is 13.1. The summed E-state index contributed by atoms with van der Waals surface area (Å²) in [5.74, 6) is 0.881. The number of anilines is 1. The van der Waals surface area contributed by atoms with Crippen molar-refractivity contribution in [2.75, 3.05) is 18.5 Å². The molecule has 0 heterocycles. The van der Waals surface area contributed by atoms with Crippen molar-refractivity contribution in [3.8, 4) is 23.3 Å². The van der Waals surface area contributed by atoms with E-state index in [1.54, 1.807) is 42.5 Å². The Labute approximate surface area is 214 Å². The fourth-order valence-electron chi connectivity index (χ4n) is 3.15. The lowest BCUT2D eigenvalue weighted by molar-refractivity contribution is -0.112. The molecule has 0 spiro atoms. The Bertz CT molecular complexity index is 1250. The van der Waals surface area contributed by atoms with Crippen LogP contribution < -0.4 is 19.5 Å². The van der Waals surface area contributed by atoms with Crippen molar-refractivity contribution in [2.24, 2.45) is 0 Å². The Morgan fingerprint density at radius 3 is 2.34 bits per heavy atom. The fraction of sp³-hybridized carbons (Fsp3) is 0.185. The van der Waals surface area contributed by atoms with Gasteiger partial charge < -0.3 is 19.5 Å². The lowest BCUT2D eigenvalue weighted by atomic mass is 10.1. The highest BCUT2D eigenvalue weighted by atomic mass is 35.5. The van der Waals surface area contributed by atoms with E-state index in [9.17, 15) is 10.1 Å². The van der Waals surface area contributed by atoms with Crippen LogP contribution in [0.5, 0.6) is 17.2 Å². The van der Waals surface area contributed by atoms with Crippen LogP contribution in [0.25, 0.3) is 6.08 Å². The summed E-state index contributed by atoms with van der Waals surface area (Å²) in [6.45, 7) is 4.83. The Hall–Kier alpha value is -3.66. The monoisotopic (exact) mass is 510 g/mol. The zero-order chi connectivity index (χ0) is 25.2. The molecule has 0 radical (unpaired) electrons. The number of halogens is 2. The molecule has 0 saturated carbocycles. The minimum Gasteiger partial charge on any atom is -0.494 e. The number of amides is 1. The molecule has 0 aliphatic heterocycles. The molecule has 6 nitrogen and oxygen atoms in total. The molecule has 0 aliphatic carbocycles. The maximum absolute atomic E-state index is 12.7. The van der Waals surface area contributed by atoms with E-state index in [0.717, 1.165) is 5.56 Å². The minimum atomic E-state index is -0.551. The molecule has 0 aromatic heterocycles. The lowest BCUT2D eigenvalue weighted by Crippen LogP contribution is -2.13. The van der Waals surface area contributed by atoms with Crippen LogP contribution in [0.15, 0.2) is 66.2 Å². The van der Waals surface area contributed by atoms with E-state index in [1.807, 2.05) is 38.1 Å². The first-order valence-corrected chi connectivity index (χ1v) is 11.7. The van der Waals surface area contributed by atoms with Crippen molar-refractivity contribution >= 4 is 40.9 Å². The van der Waals surface area contributed by atoms with Crippen molar-refractivity contribution < 1.29 is 19.0 Å². The van der Waals surface area contributed by atoms with Gasteiger partial charge in [-0.05, 0) is 68.0 Å². The third-order valence-electron chi connectivity index (χ3n) is 4.76. The van der Waals surface area contributed by atoms with Gasteiger partial charge in [0.05, 0.1) is 18.2 Å². The second-order valence-corrected chi connectivity index (χ2v) is 8.04. The Balaban J connectivity index is 1.81. The number of hydrogen-bond acceptors (Lipinski definition) is 5. The van der Waals surface area contributed by atoms with E-state index in [0.29, 0.717) is 46.7 Å². The van der Waals surface area contributed by atoms with Crippen LogP contribution in [0.3, 0.4) is 0 Å². The molecule has 0 fully saturated rings. The van der Waals surface area contributed by atoms with Crippen LogP contribution in [0.1, 0.15) is 25.0 Å². The highest BCUT2D eigenvalue weighted by Crippen LogP contribution is 2.38. The summed E-state index contributed by atoms with van der Waals surface area (Å²) < 4.78 is 17.0. The number of ether oxygens (including phenoxy) is 3. The van der Waals surface area contributed by atoms with Crippen LogP contribution >= 0.6 is 23.2 Å². The van der Waals surface area contributed by atoms with E-state index in [2.05, 4.69) is 5.32 Å². The van der Waals surface area contributed by atoms with E-state index in [-0.39, 0.29) is 17.2 Å². The van der Waals surface area contributed by atoms with Crippen molar-refractivity contribution in [2.45, 2.75) is 20.5 Å². The van der Waals surface area contributed by atoms with Gasteiger partial charge in [-0.15, -0.1) is 0 Å². The van der Waals surface area contributed by atoms with E-state index >= 15 is 0 Å². The predicted molar refractivity (Wildman–Crippen MR) is 138 cm³/mol. The molecule has 35 heavy (non-hydrogen) atoms. The highest BCUT2D eigenvalue weighted by molar-refractivity contribution is 6.32. The second kappa shape index (κ2) is 12.7. The third-order valence-corrected chi connectivity index (χ3v) is 5.41. The van der Waals surface area contributed by atoms with Crippen LogP contribution in [0.2, 0.25) is 10.0 Å². The van der Waals surface area contributed by atoms with Gasteiger partial charge >= 0.3 is 0 Å². The normalized spacial score (nSPS) is 10.9. The predicted octanol–water partition coefficient (Wildman–Crippen LogP) is 6.92. The largest absolute Gasteiger partial charge is 0.494 e. The van der Waals surface area contributed by atoms with Crippen LogP contribution in [0.4, 0.5) is 5.69 Å². The molecule has 3 rings (SSSR count). The van der Waals surface area contributed by atoms with Gasteiger partial charge in [0.2, 0.25) is 0 Å². The van der Waals surface area contributed by atoms with Gasteiger partial charge in [0.15, 0.2) is 11.5 Å². The Morgan fingerprint density at radius 1 is 0.971 bits per heavy atom. The highest BCUT2D eigenvalue weighted by Gasteiger charge is 2.15. The molecule has 0 saturated heterocycles. The standard InChI is InChI=1S/C27H24Cl2N2O4/c1-3-33-22-11-9-21(10-12-22)31-27(32)20(16-30)13-18-14-24(29)26(25(15-18)34-4-2)35-17-19-7-5-6-8-23(19)28/h5-15H,3-4,17H2,1-2H3,(H,31,32)/b20-13+. The van der Waals surface area contributed by atoms with Gasteiger partial charge in [0, 0.05) is 16.3 Å². The number of nitrogens with zero attached hydrogens (tertiary/aromatic N) is 1. The average molecular weight is 511 g/mol. The molecule has 1 amide bonds. The summed E-state index contributed by atoms with van der Waals surface area (Å²) in [7, 11) is 0. The summed E-state index contributed by atoms with van der Waals surface area (Å²) in [6.07, 6.45) is 1.44. The smallest absolute Gasteiger partial charge is 0.266 e. The van der Waals surface area contributed by atoms with Crippen LogP contribution in [0, 0.1) is 11.3 Å². The van der Waals surface area contributed by atoms with Gasteiger partial charge in [-0.25, -0.2) is 0 Å². The Morgan fingerprint density at radius 2 is 1.69 bits per heavy atom. The van der Waals surface area contributed by atoms with Crippen molar-refractivity contribution in [3.05, 3.63) is 87.4 Å². The first kappa shape index (κ1) is 26.0. The first-order chi connectivity index (χ1) is 16.9. The zero-order valence-corrected chi connectivity index (χ0v) is 20.8. The second-order valence-electron chi connectivity index (χ2n) is 7.22. The lowest BCUT2D eigenvalue weighted by Gasteiger charge is -2.15. The summed E-state index contributed by atoms with van der Waals surface area (Å²) in [6, 6.07) is 19.4. The summed E-state index contributed by atoms with van der Waals surface area (Å²) in [4.78, 5) is 12.7. The molecule has 0 atom stereocenters. The van der Waals surface area contributed by atoms with Crippen LogP contribution in [-0.4, -0.2) is 19.1 Å². The van der Waals surface area contributed by atoms with Gasteiger partial charge in [-0.1, -0.05) is 41.4 Å². The molecule has 1 N–H and O–H groups in total. The molecule has 0 unspecified atom stereocenters. The zero-order valence-electron chi connectivity index (χ0n) is 19.3. The molecule has 8 heteroatoms. The number of carbonyl (C=O) groups excluding carboxylic acids is 1. The minimum absolute atomic E-state index is 0.0952. The third kappa shape index (κ3) is 7.16. The van der Waals surface area contributed by atoms with Crippen molar-refractivity contribution in [1.82, 2.24) is 0 Å². The number of hydrogen-bond donors (Lipinski definition) is 1.